The molecule has 2 heterocycles. The van der Waals surface area contributed by atoms with E-state index in [1.807, 2.05) is 91.5 Å². The van der Waals surface area contributed by atoms with Gasteiger partial charge < -0.3 is 0 Å². The second-order valence-corrected chi connectivity index (χ2v) is 6.29. The van der Waals surface area contributed by atoms with Gasteiger partial charge >= 0.3 is 0 Å². The van der Waals surface area contributed by atoms with Crippen molar-refractivity contribution in [3.05, 3.63) is 89.9 Å². The molecule has 0 atom stereocenters. The number of aryl methyl sites for hydroxylation is 2. The van der Waals surface area contributed by atoms with Crippen LogP contribution in [-0.4, -0.2) is 26.0 Å². The van der Waals surface area contributed by atoms with Crippen LogP contribution in [0, 0.1) is 13.8 Å². The number of aliphatic imine (C=N–C) groups is 1. The fourth-order valence-electron chi connectivity index (χ4n) is 2.91. The van der Waals surface area contributed by atoms with Gasteiger partial charge in [-0.05, 0) is 32.0 Å². The van der Waals surface area contributed by atoms with Gasteiger partial charge in [-0.2, -0.15) is 5.10 Å². The molecule has 4 rings (SSSR count). The van der Waals surface area contributed by atoms with E-state index >= 15 is 0 Å². The molecular formula is C22H19N5. The molecule has 0 aliphatic heterocycles. The van der Waals surface area contributed by atoms with Crippen LogP contribution in [0.2, 0.25) is 0 Å². The lowest BCUT2D eigenvalue weighted by molar-refractivity contribution is 0.884. The highest BCUT2D eigenvalue weighted by atomic mass is 15.3. The van der Waals surface area contributed by atoms with Gasteiger partial charge in [0.15, 0.2) is 0 Å². The fourth-order valence-corrected chi connectivity index (χ4v) is 2.91. The summed E-state index contributed by atoms with van der Waals surface area (Å²) in [4.78, 5) is 13.3. The normalized spacial score (nSPS) is 11.2. The van der Waals surface area contributed by atoms with Gasteiger partial charge in [0.1, 0.15) is 5.69 Å². The smallest absolute Gasteiger partial charge is 0.240 e. The van der Waals surface area contributed by atoms with Crippen LogP contribution < -0.4 is 0 Å². The average Bonchev–Trinajstić information content (AvgIpc) is 3.11. The van der Waals surface area contributed by atoms with Gasteiger partial charge in [-0.25, -0.2) is 19.6 Å². The molecule has 0 amide bonds. The molecule has 2 aromatic heterocycles. The summed E-state index contributed by atoms with van der Waals surface area (Å²) in [7, 11) is 0. The van der Waals surface area contributed by atoms with E-state index in [0.717, 1.165) is 33.9 Å². The molecule has 0 unspecified atom stereocenters. The average molecular weight is 353 g/mol. The van der Waals surface area contributed by atoms with E-state index in [1.54, 1.807) is 6.21 Å². The highest BCUT2D eigenvalue weighted by Crippen LogP contribution is 2.23. The number of hydrogen-bond donors (Lipinski definition) is 0. The Bertz CT molecular complexity index is 1060. The van der Waals surface area contributed by atoms with Crippen LogP contribution in [0.25, 0.3) is 16.9 Å². The molecule has 132 valence electrons. The van der Waals surface area contributed by atoms with Gasteiger partial charge in [0.2, 0.25) is 5.95 Å². The molecule has 4 aromatic rings. The number of benzene rings is 2. The topological polar surface area (TPSA) is 56.0 Å². The first-order chi connectivity index (χ1) is 13.2. The van der Waals surface area contributed by atoms with Crippen molar-refractivity contribution in [2.45, 2.75) is 13.8 Å². The van der Waals surface area contributed by atoms with Crippen LogP contribution >= 0.6 is 0 Å². The Balaban J connectivity index is 1.78. The van der Waals surface area contributed by atoms with Crippen LogP contribution in [0.15, 0.2) is 77.9 Å². The first-order valence-electron chi connectivity index (χ1n) is 8.76. The maximum absolute atomic E-state index is 4.78. The molecule has 0 saturated carbocycles. The molecule has 0 spiro atoms. The second kappa shape index (κ2) is 7.33. The van der Waals surface area contributed by atoms with E-state index in [9.17, 15) is 0 Å². The van der Waals surface area contributed by atoms with Crippen molar-refractivity contribution >= 4 is 12.2 Å². The number of rotatable bonds is 4. The Labute approximate surface area is 158 Å². The quantitative estimate of drug-likeness (QED) is 0.500. The van der Waals surface area contributed by atoms with Crippen molar-refractivity contribution in [1.29, 1.82) is 0 Å². The lowest BCUT2D eigenvalue weighted by Gasteiger charge is -2.00. The minimum Gasteiger partial charge on any atom is -0.240 e. The first kappa shape index (κ1) is 16.8. The van der Waals surface area contributed by atoms with Crippen LogP contribution in [0.3, 0.4) is 0 Å². The molecule has 27 heavy (non-hydrogen) atoms. The molecule has 0 N–H and O–H groups in total. The van der Waals surface area contributed by atoms with Gasteiger partial charge in [0, 0.05) is 34.9 Å². The number of hydrogen-bond acceptors (Lipinski definition) is 4. The minimum atomic E-state index is 0.457. The SMILES string of the molecule is Cc1cc(C)nc(/N=C/c2cn(-c3ccccc3)nc2-c2ccccc2)n1. The van der Waals surface area contributed by atoms with Crippen LogP contribution in [-0.2, 0) is 0 Å². The zero-order valence-corrected chi connectivity index (χ0v) is 15.2. The Morgan fingerprint density at radius 3 is 2.15 bits per heavy atom. The summed E-state index contributed by atoms with van der Waals surface area (Å²) in [5.41, 5.74) is 5.61. The summed E-state index contributed by atoms with van der Waals surface area (Å²) >= 11 is 0. The van der Waals surface area contributed by atoms with E-state index in [1.165, 1.54) is 0 Å². The predicted octanol–water partition coefficient (Wildman–Crippen LogP) is 4.70. The third-order valence-electron chi connectivity index (χ3n) is 4.10. The van der Waals surface area contributed by atoms with Gasteiger partial charge in [0.25, 0.3) is 0 Å². The molecule has 2 aromatic carbocycles. The first-order valence-corrected chi connectivity index (χ1v) is 8.76. The van der Waals surface area contributed by atoms with Gasteiger partial charge in [-0.15, -0.1) is 0 Å². The summed E-state index contributed by atoms with van der Waals surface area (Å²) in [6.45, 7) is 3.88. The van der Waals surface area contributed by atoms with Crippen LogP contribution in [0.5, 0.6) is 0 Å². The number of para-hydroxylation sites is 1. The zero-order chi connectivity index (χ0) is 18.6. The van der Waals surface area contributed by atoms with Crippen molar-refractivity contribution in [3.63, 3.8) is 0 Å². The largest absolute Gasteiger partial charge is 0.249 e. The molecule has 0 bridgehead atoms. The zero-order valence-electron chi connectivity index (χ0n) is 15.2. The molecule has 0 aliphatic rings. The molecule has 0 radical (unpaired) electrons. The van der Waals surface area contributed by atoms with Gasteiger partial charge in [-0.1, -0.05) is 48.5 Å². The Morgan fingerprint density at radius 1 is 0.852 bits per heavy atom. The van der Waals surface area contributed by atoms with E-state index in [0.29, 0.717) is 5.95 Å². The Hall–Kier alpha value is -3.60. The molecule has 0 saturated heterocycles. The number of aromatic nitrogens is 4. The molecular weight excluding hydrogens is 334 g/mol. The maximum Gasteiger partial charge on any atom is 0.249 e. The fraction of sp³-hybridized carbons (Fsp3) is 0.0909. The van der Waals surface area contributed by atoms with Crippen molar-refractivity contribution in [3.8, 4) is 16.9 Å². The lowest BCUT2D eigenvalue weighted by atomic mass is 10.1. The van der Waals surface area contributed by atoms with Crippen LogP contribution in [0.1, 0.15) is 17.0 Å². The Kier molecular flexibility index (Phi) is 4.58. The molecule has 0 fully saturated rings. The lowest BCUT2D eigenvalue weighted by Crippen LogP contribution is -1.93. The number of nitrogens with zero attached hydrogens (tertiary/aromatic N) is 5. The third-order valence-corrected chi connectivity index (χ3v) is 4.10. The van der Waals surface area contributed by atoms with Gasteiger partial charge in [0.05, 0.1) is 5.69 Å². The van der Waals surface area contributed by atoms with E-state index in [4.69, 9.17) is 5.10 Å². The van der Waals surface area contributed by atoms with E-state index < -0.39 is 0 Å². The minimum absolute atomic E-state index is 0.457. The van der Waals surface area contributed by atoms with E-state index in [2.05, 4.69) is 15.0 Å². The highest BCUT2D eigenvalue weighted by Gasteiger charge is 2.11. The highest BCUT2D eigenvalue weighted by molar-refractivity contribution is 5.89. The Morgan fingerprint density at radius 2 is 1.48 bits per heavy atom. The van der Waals surface area contributed by atoms with Crippen molar-refractivity contribution in [1.82, 2.24) is 19.7 Å². The van der Waals surface area contributed by atoms with Crippen LogP contribution in [0.4, 0.5) is 5.95 Å². The third kappa shape index (κ3) is 3.82. The monoisotopic (exact) mass is 353 g/mol. The van der Waals surface area contributed by atoms with Crippen molar-refractivity contribution in [2.24, 2.45) is 4.99 Å². The van der Waals surface area contributed by atoms with E-state index in [-0.39, 0.29) is 0 Å². The maximum atomic E-state index is 4.78. The summed E-state index contributed by atoms with van der Waals surface area (Å²) in [6.07, 6.45) is 3.76. The second-order valence-electron chi connectivity index (χ2n) is 6.29. The summed E-state index contributed by atoms with van der Waals surface area (Å²) in [6, 6.07) is 22.1. The summed E-state index contributed by atoms with van der Waals surface area (Å²) < 4.78 is 1.87. The van der Waals surface area contributed by atoms with Gasteiger partial charge in [-0.3, -0.25) is 0 Å². The van der Waals surface area contributed by atoms with Crippen molar-refractivity contribution in [2.75, 3.05) is 0 Å². The standard InChI is InChI=1S/C22H19N5/c1-16-13-17(2)25-22(24-16)23-14-19-15-27(20-11-7-4-8-12-20)26-21(19)18-9-5-3-6-10-18/h3-15H,1-2H3/b23-14+. The summed E-state index contributed by atoms with van der Waals surface area (Å²) in [5, 5.41) is 4.78. The molecule has 5 heteroatoms. The molecule has 0 aliphatic carbocycles. The summed E-state index contributed by atoms with van der Waals surface area (Å²) in [5.74, 6) is 0.457. The molecule has 5 nitrogen and oxygen atoms in total. The van der Waals surface area contributed by atoms with Crippen molar-refractivity contribution < 1.29 is 0 Å². The predicted molar refractivity (Wildman–Crippen MR) is 108 cm³/mol.